The van der Waals surface area contributed by atoms with E-state index in [1.807, 2.05) is 0 Å². The highest BCUT2D eigenvalue weighted by Gasteiger charge is 2.34. The summed E-state index contributed by atoms with van der Waals surface area (Å²) in [6, 6.07) is 4.38. The van der Waals surface area contributed by atoms with E-state index in [1.165, 1.54) is 25.7 Å². The van der Waals surface area contributed by atoms with E-state index in [9.17, 15) is 10.1 Å². The molecule has 0 spiro atoms. The van der Waals surface area contributed by atoms with Gasteiger partial charge in [-0.15, -0.1) is 0 Å². The molecule has 0 radical (unpaired) electrons. The zero-order valence-electron chi connectivity index (χ0n) is 11.7. The lowest BCUT2D eigenvalue weighted by Gasteiger charge is -2.30. The number of nitrogens with one attached hydrogen (secondary N) is 1. The maximum atomic E-state index is 10.9. The third-order valence-corrected chi connectivity index (χ3v) is 4.40. The number of nitro groups is 1. The molecule has 2 saturated heterocycles. The Hall–Kier alpha value is -1.69. The van der Waals surface area contributed by atoms with Gasteiger partial charge in [-0.1, -0.05) is 0 Å². The van der Waals surface area contributed by atoms with Gasteiger partial charge in [0.25, 0.3) is 5.69 Å². The van der Waals surface area contributed by atoms with E-state index < -0.39 is 0 Å². The van der Waals surface area contributed by atoms with Crippen LogP contribution in [-0.2, 0) is 0 Å². The predicted octanol–water partition coefficient (Wildman–Crippen LogP) is 2.02. The quantitative estimate of drug-likeness (QED) is 0.675. The minimum atomic E-state index is -0.369. The number of nitrogens with zero attached hydrogens (tertiary/aromatic N) is 3. The molecule has 0 aliphatic carbocycles. The second-order valence-corrected chi connectivity index (χ2v) is 5.64. The number of aryl methyl sites for hydroxylation is 1. The second-order valence-electron chi connectivity index (χ2n) is 5.64. The third-order valence-electron chi connectivity index (χ3n) is 4.40. The van der Waals surface area contributed by atoms with Crippen molar-refractivity contribution in [3.63, 3.8) is 0 Å². The summed E-state index contributed by atoms with van der Waals surface area (Å²) in [5.74, 6) is 0.879. The van der Waals surface area contributed by atoms with Gasteiger partial charge in [-0.05, 0) is 45.2 Å². The van der Waals surface area contributed by atoms with Crippen LogP contribution in [0.3, 0.4) is 0 Å². The van der Waals surface area contributed by atoms with E-state index in [-0.39, 0.29) is 10.6 Å². The minimum absolute atomic E-state index is 0.100. The van der Waals surface area contributed by atoms with Crippen LogP contribution in [0.15, 0.2) is 12.1 Å². The van der Waals surface area contributed by atoms with Gasteiger partial charge in [0.2, 0.25) is 0 Å². The van der Waals surface area contributed by atoms with Crippen molar-refractivity contribution in [2.45, 2.75) is 44.7 Å². The van der Waals surface area contributed by atoms with Crippen LogP contribution < -0.4 is 10.2 Å². The largest absolute Gasteiger partial charge is 0.352 e. The molecule has 2 unspecified atom stereocenters. The van der Waals surface area contributed by atoms with E-state index in [4.69, 9.17) is 0 Å². The standard InChI is InChI=1S/C14H20N4O2/c1-10-12(18(19)20)6-7-14(16-10)17-9-3-5-13(17)11-4-2-8-15-11/h6-7,11,13,15H,2-5,8-9H2,1H3. The first-order valence-corrected chi connectivity index (χ1v) is 7.29. The Morgan fingerprint density at radius 2 is 2.25 bits per heavy atom. The van der Waals surface area contributed by atoms with E-state index in [1.54, 1.807) is 19.1 Å². The summed E-state index contributed by atoms with van der Waals surface area (Å²) in [5, 5.41) is 14.4. The van der Waals surface area contributed by atoms with Gasteiger partial charge in [-0.2, -0.15) is 0 Å². The molecule has 1 aromatic rings. The molecule has 108 valence electrons. The highest BCUT2D eigenvalue weighted by atomic mass is 16.6. The summed E-state index contributed by atoms with van der Waals surface area (Å²) < 4.78 is 0. The monoisotopic (exact) mass is 276 g/mol. The normalized spacial score (nSPS) is 26.1. The second kappa shape index (κ2) is 5.36. The molecular weight excluding hydrogens is 256 g/mol. The van der Waals surface area contributed by atoms with Crippen molar-refractivity contribution in [1.29, 1.82) is 0 Å². The molecule has 1 aromatic heterocycles. The molecule has 1 N–H and O–H groups in total. The SMILES string of the molecule is Cc1nc(N2CCCC2C2CCCN2)ccc1[N+](=O)[O-]. The molecule has 3 heterocycles. The summed E-state index contributed by atoms with van der Waals surface area (Å²) in [6.07, 6.45) is 4.80. The van der Waals surface area contributed by atoms with Crippen LogP contribution in [0, 0.1) is 17.0 Å². The van der Waals surface area contributed by atoms with Gasteiger partial charge in [0.1, 0.15) is 11.5 Å². The predicted molar refractivity (Wildman–Crippen MR) is 77.0 cm³/mol. The number of hydrogen-bond donors (Lipinski definition) is 1. The Morgan fingerprint density at radius 3 is 2.90 bits per heavy atom. The summed E-state index contributed by atoms with van der Waals surface area (Å²) in [4.78, 5) is 17.3. The molecule has 3 rings (SSSR count). The van der Waals surface area contributed by atoms with E-state index >= 15 is 0 Å². The molecular formula is C14H20N4O2. The lowest BCUT2D eigenvalue weighted by Crippen LogP contribution is -2.44. The molecule has 2 fully saturated rings. The molecule has 6 nitrogen and oxygen atoms in total. The number of pyridine rings is 1. The molecule has 6 heteroatoms. The van der Waals surface area contributed by atoms with Gasteiger partial charge in [-0.25, -0.2) is 4.98 Å². The lowest BCUT2D eigenvalue weighted by molar-refractivity contribution is -0.385. The van der Waals surface area contributed by atoms with Crippen LogP contribution in [-0.4, -0.2) is 35.1 Å². The molecule has 0 amide bonds. The van der Waals surface area contributed by atoms with Crippen molar-refractivity contribution in [1.82, 2.24) is 10.3 Å². The number of aromatic nitrogens is 1. The van der Waals surface area contributed by atoms with Gasteiger partial charge in [0.15, 0.2) is 0 Å². The third kappa shape index (κ3) is 2.35. The summed E-state index contributed by atoms with van der Waals surface area (Å²) in [7, 11) is 0. The van der Waals surface area contributed by atoms with Gasteiger partial charge in [0.05, 0.1) is 4.92 Å². The highest BCUT2D eigenvalue weighted by molar-refractivity contribution is 5.48. The van der Waals surface area contributed by atoms with Crippen molar-refractivity contribution < 1.29 is 4.92 Å². The highest BCUT2D eigenvalue weighted by Crippen LogP contribution is 2.30. The Bertz CT molecular complexity index is 514. The molecule has 20 heavy (non-hydrogen) atoms. The van der Waals surface area contributed by atoms with Gasteiger partial charge in [0, 0.05) is 24.7 Å². The summed E-state index contributed by atoms with van der Waals surface area (Å²) in [6.45, 7) is 3.80. The molecule has 0 aromatic carbocycles. The van der Waals surface area contributed by atoms with Crippen molar-refractivity contribution in [3.8, 4) is 0 Å². The fourth-order valence-corrected chi connectivity index (χ4v) is 3.43. The average molecular weight is 276 g/mol. The average Bonchev–Trinajstić information content (AvgIpc) is 3.09. The number of hydrogen-bond acceptors (Lipinski definition) is 5. The zero-order chi connectivity index (χ0) is 14.1. The molecule has 2 atom stereocenters. The van der Waals surface area contributed by atoms with Crippen molar-refractivity contribution >= 4 is 11.5 Å². The zero-order valence-corrected chi connectivity index (χ0v) is 11.7. The topological polar surface area (TPSA) is 71.3 Å². The summed E-state index contributed by atoms with van der Waals surface area (Å²) in [5.41, 5.74) is 0.598. The Kier molecular flexibility index (Phi) is 3.56. The Labute approximate surface area is 118 Å². The molecule has 2 aliphatic heterocycles. The number of rotatable bonds is 3. The van der Waals surface area contributed by atoms with Gasteiger partial charge in [-0.3, -0.25) is 10.1 Å². The van der Waals surface area contributed by atoms with Crippen molar-refractivity contribution in [2.75, 3.05) is 18.0 Å². The van der Waals surface area contributed by atoms with E-state index in [0.717, 1.165) is 18.9 Å². The van der Waals surface area contributed by atoms with Crippen molar-refractivity contribution in [2.24, 2.45) is 0 Å². The van der Waals surface area contributed by atoms with Crippen LogP contribution in [0.1, 0.15) is 31.4 Å². The summed E-state index contributed by atoms with van der Waals surface area (Å²) >= 11 is 0. The van der Waals surface area contributed by atoms with Crippen LogP contribution in [0.2, 0.25) is 0 Å². The first kappa shape index (κ1) is 13.3. The fourth-order valence-electron chi connectivity index (χ4n) is 3.43. The van der Waals surface area contributed by atoms with E-state index in [2.05, 4.69) is 15.2 Å². The first-order chi connectivity index (χ1) is 9.66. The molecule has 0 bridgehead atoms. The minimum Gasteiger partial charge on any atom is -0.352 e. The smallest absolute Gasteiger partial charge is 0.290 e. The number of anilines is 1. The van der Waals surface area contributed by atoms with Crippen molar-refractivity contribution in [3.05, 3.63) is 27.9 Å². The Morgan fingerprint density at radius 1 is 1.40 bits per heavy atom. The van der Waals surface area contributed by atoms with Crippen LogP contribution in [0.25, 0.3) is 0 Å². The van der Waals surface area contributed by atoms with Crippen LogP contribution >= 0.6 is 0 Å². The van der Waals surface area contributed by atoms with Crippen LogP contribution in [0.4, 0.5) is 11.5 Å². The Balaban J connectivity index is 1.84. The molecule has 2 aliphatic rings. The van der Waals surface area contributed by atoms with Gasteiger partial charge < -0.3 is 10.2 Å². The maximum absolute atomic E-state index is 10.9. The van der Waals surface area contributed by atoms with Gasteiger partial charge >= 0.3 is 0 Å². The van der Waals surface area contributed by atoms with Crippen LogP contribution in [0.5, 0.6) is 0 Å². The first-order valence-electron chi connectivity index (χ1n) is 7.29. The maximum Gasteiger partial charge on any atom is 0.290 e. The lowest BCUT2D eigenvalue weighted by atomic mass is 10.0. The molecule has 0 saturated carbocycles. The fraction of sp³-hybridized carbons (Fsp3) is 0.643. The van der Waals surface area contributed by atoms with E-state index in [0.29, 0.717) is 17.8 Å².